The second-order valence-corrected chi connectivity index (χ2v) is 18.8. The van der Waals surface area contributed by atoms with Gasteiger partial charge in [-0.15, -0.1) is 0 Å². The van der Waals surface area contributed by atoms with E-state index in [1.807, 2.05) is 36.4 Å². The molecule has 4 amide bonds. The number of hydrogen-bond donors (Lipinski definition) is 3. The van der Waals surface area contributed by atoms with E-state index in [4.69, 9.17) is 18.9 Å². The van der Waals surface area contributed by atoms with E-state index >= 15 is 0 Å². The Hall–Kier alpha value is -5.91. The van der Waals surface area contributed by atoms with Crippen molar-refractivity contribution >= 4 is 45.3 Å². The average molecular weight is 927 g/mol. The fourth-order valence-corrected chi connectivity index (χ4v) is 8.27. The molecule has 354 valence electrons. The lowest BCUT2D eigenvalue weighted by atomic mass is 9.78. The number of piperidine rings is 1. The number of sulfonamides is 1. The normalized spacial score (nSPS) is 15.1. The maximum atomic E-state index is 13.2. The first kappa shape index (κ1) is 49.5. The lowest BCUT2D eigenvalue weighted by Crippen LogP contribution is -2.54. The summed E-state index contributed by atoms with van der Waals surface area (Å²) in [5, 5.41) is 5.51. The molecule has 4 aromatic rings. The molecule has 17 heteroatoms. The van der Waals surface area contributed by atoms with Crippen LogP contribution in [0.15, 0.2) is 79.0 Å². The van der Waals surface area contributed by atoms with Crippen molar-refractivity contribution in [1.29, 1.82) is 0 Å². The predicted octanol–water partition coefficient (Wildman–Crippen LogP) is 7.19. The molecule has 16 nitrogen and oxygen atoms in total. The summed E-state index contributed by atoms with van der Waals surface area (Å²) in [5.74, 6) is -0.497. The largest absolute Gasteiger partial charge is 0.494 e. The van der Waals surface area contributed by atoms with Crippen molar-refractivity contribution in [2.24, 2.45) is 0 Å². The standard InChI is InChI=1S/C49H62N6O10S/c1-49(2,36-18-22-39(23-19-36)65-34-37-26-28-51-48(52-37)54-66(3,60)61)35-16-20-38(21-17-35)64-33-11-6-4-5-9-29-62-31-13-32-63-30-10-7-8-27-50-41-15-12-14-40-44(41)47(59)55(46(40)58)42-24-25-43(56)53-45(42)57/h12,14-23,26,28,42,50H,4-11,13,24-25,27,29-34H2,1-3H3,(H,51,52,54)(H,53,56,57). The minimum Gasteiger partial charge on any atom is -0.494 e. The van der Waals surface area contributed by atoms with Gasteiger partial charge in [-0.1, -0.05) is 63.4 Å². The van der Waals surface area contributed by atoms with Crippen LogP contribution >= 0.6 is 0 Å². The van der Waals surface area contributed by atoms with Gasteiger partial charge in [-0.05, 0) is 98.5 Å². The Balaban J connectivity index is 0.739. The molecule has 0 radical (unpaired) electrons. The van der Waals surface area contributed by atoms with E-state index in [-0.39, 0.29) is 41.9 Å². The lowest BCUT2D eigenvalue weighted by Gasteiger charge is -2.27. The van der Waals surface area contributed by atoms with Gasteiger partial charge in [-0.25, -0.2) is 18.4 Å². The first-order valence-electron chi connectivity index (χ1n) is 22.8. The Kier molecular flexibility index (Phi) is 18.0. The molecule has 2 aliphatic rings. The topological polar surface area (TPSA) is 204 Å². The minimum absolute atomic E-state index is 0.00792. The van der Waals surface area contributed by atoms with Crippen molar-refractivity contribution in [3.05, 3.63) is 107 Å². The van der Waals surface area contributed by atoms with Gasteiger partial charge >= 0.3 is 0 Å². The number of fused-ring (bicyclic) bond motifs is 1. The number of ether oxygens (including phenoxy) is 4. The van der Waals surface area contributed by atoms with Gasteiger partial charge in [0.25, 0.3) is 11.8 Å². The van der Waals surface area contributed by atoms with E-state index in [1.54, 1.807) is 24.3 Å². The molecule has 0 spiro atoms. The summed E-state index contributed by atoms with van der Waals surface area (Å²) in [6.45, 7) is 8.60. The van der Waals surface area contributed by atoms with E-state index in [9.17, 15) is 27.6 Å². The molecule has 3 N–H and O–H groups in total. The molecule has 6 rings (SSSR count). The van der Waals surface area contributed by atoms with Crippen LogP contribution < -0.4 is 24.8 Å². The molecular weight excluding hydrogens is 865 g/mol. The van der Waals surface area contributed by atoms with E-state index in [0.29, 0.717) is 50.1 Å². The average Bonchev–Trinajstić information content (AvgIpc) is 3.55. The van der Waals surface area contributed by atoms with Crippen molar-refractivity contribution in [3.63, 3.8) is 0 Å². The number of carbonyl (C=O) groups excluding carboxylic acids is 4. The molecule has 66 heavy (non-hydrogen) atoms. The van der Waals surface area contributed by atoms with Crippen LogP contribution in [0, 0.1) is 0 Å². The van der Waals surface area contributed by atoms with E-state index < -0.39 is 39.7 Å². The molecule has 1 fully saturated rings. The van der Waals surface area contributed by atoms with Crippen LogP contribution in [-0.4, -0.2) is 98.8 Å². The summed E-state index contributed by atoms with van der Waals surface area (Å²) in [4.78, 5) is 59.3. The SMILES string of the molecule is CC(C)(c1ccc(OCCCCCCCOCCCOCCCCCNc2cccc3c2C(=O)N(C2CCC(=O)NC2=O)C3=O)cc1)c1ccc(OCc2ccnc(NS(C)(=O)=O)n2)cc1. The number of carbonyl (C=O) groups is 4. The van der Waals surface area contributed by atoms with Crippen molar-refractivity contribution in [1.82, 2.24) is 20.2 Å². The predicted molar refractivity (Wildman–Crippen MR) is 250 cm³/mol. The third kappa shape index (κ3) is 14.3. The van der Waals surface area contributed by atoms with Gasteiger partial charge in [-0.3, -0.25) is 34.1 Å². The second-order valence-electron chi connectivity index (χ2n) is 17.1. The molecule has 1 saturated heterocycles. The van der Waals surface area contributed by atoms with Gasteiger partial charge in [-0.2, -0.15) is 0 Å². The van der Waals surface area contributed by atoms with Gasteiger partial charge in [0, 0.05) is 56.7 Å². The zero-order chi connectivity index (χ0) is 46.9. The molecule has 0 saturated carbocycles. The van der Waals surface area contributed by atoms with Gasteiger partial charge in [0.2, 0.25) is 27.8 Å². The number of imide groups is 2. The number of rotatable bonds is 28. The van der Waals surface area contributed by atoms with Crippen LogP contribution in [0.3, 0.4) is 0 Å². The summed E-state index contributed by atoms with van der Waals surface area (Å²) >= 11 is 0. The summed E-state index contributed by atoms with van der Waals surface area (Å²) in [6, 6.07) is 22.0. The van der Waals surface area contributed by atoms with Crippen molar-refractivity contribution in [3.8, 4) is 11.5 Å². The molecule has 0 bridgehead atoms. The second kappa shape index (κ2) is 24.0. The molecule has 2 aliphatic heterocycles. The maximum Gasteiger partial charge on any atom is 0.264 e. The van der Waals surface area contributed by atoms with E-state index in [0.717, 1.165) is 86.9 Å². The van der Waals surface area contributed by atoms with Gasteiger partial charge < -0.3 is 24.3 Å². The van der Waals surface area contributed by atoms with Crippen LogP contribution in [0.4, 0.5) is 11.6 Å². The fourth-order valence-electron chi connectivity index (χ4n) is 7.84. The number of amides is 4. The Labute approximate surface area is 387 Å². The number of nitrogens with one attached hydrogen (secondary N) is 3. The van der Waals surface area contributed by atoms with Crippen molar-refractivity contribution < 1.29 is 46.5 Å². The molecule has 3 heterocycles. The van der Waals surface area contributed by atoms with Crippen LogP contribution in [0.5, 0.6) is 11.5 Å². The number of aromatic nitrogens is 2. The number of unbranched alkanes of at least 4 members (excludes halogenated alkanes) is 6. The van der Waals surface area contributed by atoms with Gasteiger partial charge in [0.15, 0.2) is 0 Å². The number of benzene rings is 3. The summed E-state index contributed by atoms with van der Waals surface area (Å²) < 4.78 is 48.8. The Morgan fingerprint density at radius 2 is 1.33 bits per heavy atom. The Morgan fingerprint density at radius 3 is 1.98 bits per heavy atom. The smallest absolute Gasteiger partial charge is 0.264 e. The van der Waals surface area contributed by atoms with Gasteiger partial charge in [0.05, 0.1) is 29.7 Å². The number of hydrogen-bond acceptors (Lipinski definition) is 13. The summed E-state index contributed by atoms with van der Waals surface area (Å²) in [6.07, 6.45) is 11.7. The first-order valence-corrected chi connectivity index (χ1v) is 24.7. The number of nitrogens with zero attached hydrogens (tertiary/aromatic N) is 3. The number of anilines is 2. The lowest BCUT2D eigenvalue weighted by molar-refractivity contribution is -0.136. The highest BCUT2D eigenvalue weighted by molar-refractivity contribution is 7.92. The highest BCUT2D eigenvalue weighted by Crippen LogP contribution is 2.34. The molecule has 1 unspecified atom stereocenters. The zero-order valence-electron chi connectivity index (χ0n) is 38.1. The van der Waals surface area contributed by atoms with Crippen molar-refractivity contribution in [2.75, 3.05) is 55.9 Å². The van der Waals surface area contributed by atoms with Gasteiger partial charge in [0.1, 0.15) is 24.1 Å². The molecular formula is C49H62N6O10S. The minimum atomic E-state index is -3.47. The van der Waals surface area contributed by atoms with Crippen molar-refractivity contribution in [2.45, 2.75) is 103 Å². The molecule has 3 aromatic carbocycles. The molecule has 1 aromatic heterocycles. The third-order valence-corrected chi connectivity index (χ3v) is 12.1. The Morgan fingerprint density at radius 1 is 0.727 bits per heavy atom. The maximum absolute atomic E-state index is 13.2. The zero-order valence-corrected chi connectivity index (χ0v) is 39.0. The van der Waals surface area contributed by atoms with E-state index in [2.05, 4.69) is 51.3 Å². The highest BCUT2D eigenvalue weighted by atomic mass is 32.2. The quantitative estimate of drug-likeness (QED) is 0.0382. The monoisotopic (exact) mass is 926 g/mol. The molecule has 1 atom stereocenters. The van der Waals surface area contributed by atoms with Crippen LogP contribution in [0.25, 0.3) is 0 Å². The summed E-state index contributed by atoms with van der Waals surface area (Å²) in [7, 11) is -3.47. The fraction of sp³-hybridized carbons (Fsp3) is 0.469. The van der Waals surface area contributed by atoms with Crippen LogP contribution in [0.1, 0.15) is 122 Å². The Bertz CT molecular complexity index is 2380. The first-order chi connectivity index (χ1) is 31.8. The third-order valence-electron chi connectivity index (χ3n) is 11.6. The highest BCUT2D eigenvalue weighted by Gasteiger charge is 2.45. The molecule has 0 aliphatic carbocycles. The van der Waals surface area contributed by atoms with Crippen LogP contribution in [0.2, 0.25) is 0 Å². The van der Waals surface area contributed by atoms with E-state index in [1.165, 1.54) is 11.8 Å². The van der Waals surface area contributed by atoms with Crippen LogP contribution in [-0.2, 0) is 41.1 Å². The summed E-state index contributed by atoms with van der Waals surface area (Å²) in [5.41, 5.74) is 3.72.